The topological polar surface area (TPSA) is 97.4 Å². The van der Waals surface area contributed by atoms with Crippen LogP contribution in [0.5, 0.6) is 0 Å². The molecule has 148 valence electrons. The van der Waals surface area contributed by atoms with Gasteiger partial charge in [0, 0.05) is 10.4 Å². The Hall–Kier alpha value is -3.81. The Morgan fingerprint density at radius 1 is 1.14 bits per heavy atom. The lowest BCUT2D eigenvalue weighted by molar-refractivity contribution is -0.744. The highest BCUT2D eigenvalue weighted by molar-refractivity contribution is 5.95. The summed E-state index contributed by atoms with van der Waals surface area (Å²) in [5, 5.41) is 6.75. The van der Waals surface area contributed by atoms with E-state index >= 15 is 0 Å². The quantitative estimate of drug-likeness (QED) is 0.286. The van der Waals surface area contributed by atoms with Crippen LogP contribution in [0, 0.1) is 6.92 Å². The number of hydrogen-bond donors (Lipinski definition) is 1. The molecule has 0 unspecified atom stereocenters. The molecule has 0 saturated carbocycles. The minimum absolute atomic E-state index is 0.0998. The van der Waals surface area contributed by atoms with Gasteiger partial charge in [-0.2, -0.15) is 0 Å². The Morgan fingerprint density at radius 3 is 2.48 bits per heavy atom. The normalized spacial score (nSPS) is 11.0. The molecule has 0 fully saturated rings. The van der Waals surface area contributed by atoms with Crippen molar-refractivity contribution in [2.24, 2.45) is 5.10 Å². The van der Waals surface area contributed by atoms with Gasteiger partial charge >= 0.3 is 17.2 Å². The molecular formula is C21H21N4O4+. The van der Waals surface area contributed by atoms with E-state index in [4.69, 9.17) is 4.74 Å². The second-order valence-electron chi connectivity index (χ2n) is 6.32. The largest absolute Gasteiger partial charge is 0.459 e. The first kappa shape index (κ1) is 19.9. The van der Waals surface area contributed by atoms with Crippen LogP contribution in [0.1, 0.15) is 38.9 Å². The second-order valence-corrected chi connectivity index (χ2v) is 6.32. The fourth-order valence-corrected chi connectivity index (χ4v) is 2.65. The van der Waals surface area contributed by atoms with Crippen molar-refractivity contribution in [3.05, 3.63) is 87.3 Å². The van der Waals surface area contributed by atoms with E-state index in [9.17, 15) is 14.4 Å². The maximum absolute atomic E-state index is 12.7. The van der Waals surface area contributed by atoms with Crippen LogP contribution in [-0.4, -0.2) is 34.6 Å². The number of nitrogens with zero attached hydrogens (tertiary/aromatic N) is 3. The van der Waals surface area contributed by atoms with Crippen LogP contribution in [0.15, 0.2) is 64.5 Å². The number of nitrogens with one attached hydrogen (secondary N) is 1. The third kappa shape index (κ3) is 4.73. The number of aryl methyl sites for hydroxylation is 1. The van der Waals surface area contributed by atoms with Crippen molar-refractivity contribution in [3.8, 4) is 0 Å². The highest BCUT2D eigenvalue weighted by Crippen LogP contribution is 2.04. The lowest BCUT2D eigenvalue weighted by Crippen LogP contribution is -2.46. The third-order valence-corrected chi connectivity index (χ3v) is 4.15. The van der Waals surface area contributed by atoms with Gasteiger partial charge in [-0.25, -0.2) is 9.59 Å². The molecular weight excluding hydrogens is 372 g/mol. The molecule has 3 rings (SSSR count). The van der Waals surface area contributed by atoms with Crippen molar-refractivity contribution in [3.63, 3.8) is 0 Å². The number of carbonyl (C=O) groups is 2. The first-order chi connectivity index (χ1) is 14.0. The van der Waals surface area contributed by atoms with Crippen LogP contribution >= 0.6 is 0 Å². The number of aromatic nitrogens is 3. The summed E-state index contributed by atoms with van der Waals surface area (Å²) in [6.07, 6.45) is 1.47. The summed E-state index contributed by atoms with van der Waals surface area (Å²) in [6, 6.07) is 16.2. The van der Waals surface area contributed by atoms with Gasteiger partial charge in [0.25, 0.3) is 0 Å². The van der Waals surface area contributed by atoms with Gasteiger partial charge in [-0.05, 0) is 19.4 Å². The molecule has 0 radical (unpaired) electrons. The lowest BCUT2D eigenvalue weighted by Gasteiger charge is -2.01. The number of H-pyrrole nitrogens is 1. The fraction of sp³-hybridized carbons (Fsp3) is 0.190. The fourth-order valence-electron chi connectivity index (χ4n) is 2.65. The van der Waals surface area contributed by atoms with Crippen LogP contribution in [0.3, 0.4) is 0 Å². The van der Waals surface area contributed by atoms with Crippen molar-refractivity contribution in [1.29, 1.82) is 0 Å². The molecule has 0 aliphatic rings. The number of ether oxygens (including phenoxy) is 1. The Labute approximate surface area is 167 Å². The number of carbonyl (C=O) groups excluding carboxylic acids is 2. The lowest BCUT2D eigenvalue weighted by atomic mass is 10.1. The minimum atomic E-state index is -0.820. The summed E-state index contributed by atoms with van der Waals surface area (Å²) >= 11 is 0. The number of rotatable bonds is 7. The molecule has 0 aliphatic heterocycles. The van der Waals surface area contributed by atoms with Gasteiger partial charge in [-0.3, -0.25) is 4.79 Å². The van der Waals surface area contributed by atoms with E-state index in [-0.39, 0.29) is 24.6 Å². The van der Waals surface area contributed by atoms with E-state index in [2.05, 4.69) is 10.3 Å². The van der Waals surface area contributed by atoms with Gasteiger partial charge < -0.3 is 4.74 Å². The highest BCUT2D eigenvalue weighted by Gasteiger charge is 2.31. The molecule has 1 N–H and O–H groups in total. The Kier molecular flexibility index (Phi) is 6.13. The number of ketones is 1. The van der Waals surface area contributed by atoms with E-state index in [1.807, 2.05) is 49.4 Å². The van der Waals surface area contributed by atoms with E-state index < -0.39 is 11.5 Å². The van der Waals surface area contributed by atoms with E-state index in [0.717, 1.165) is 20.6 Å². The zero-order valence-corrected chi connectivity index (χ0v) is 16.2. The van der Waals surface area contributed by atoms with Crippen LogP contribution in [0.25, 0.3) is 0 Å². The SMILES string of the molecule is CCOC(=O)c1c(=O)n(/N=C/c2ccccc2)[nH][n+]1CC(=O)c1ccc(C)cc1. The molecule has 0 bridgehead atoms. The molecule has 0 spiro atoms. The summed E-state index contributed by atoms with van der Waals surface area (Å²) in [6.45, 7) is 3.42. The summed E-state index contributed by atoms with van der Waals surface area (Å²) in [7, 11) is 0. The second kappa shape index (κ2) is 8.92. The van der Waals surface area contributed by atoms with Crippen LogP contribution in [-0.2, 0) is 11.3 Å². The monoisotopic (exact) mass is 393 g/mol. The van der Waals surface area contributed by atoms with E-state index in [1.165, 1.54) is 6.21 Å². The van der Waals surface area contributed by atoms with Gasteiger partial charge in [0.1, 0.15) is 0 Å². The van der Waals surface area contributed by atoms with Gasteiger partial charge in [0.05, 0.1) is 12.8 Å². The summed E-state index contributed by atoms with van der Waals surface area (Å²) in [4.78, 5) is 38.5. The first-order valence-electron chi connectivity index (χ1n) is 9.11. The average molecular weight is 393 g/mol. The van der Waals surface area contributed by atoms with Crippen LogP contribution < -0.4 is 10.2 Å². The molecule has 0 atom stereocenters. The molecule has 0 amide bonds. The van der Waals surface area contributed by atoms with Crippen LogP contribution in [0.4, 0.5) is 0 Å². The Balaban J connectivity index is 1.95. The third-order valence-electron chi connectivity index (χ3n) is 4.15. The summed E-state index contributed by atoms with van der Waals surface area (Å²) < 4.78 is 6.13. The molecule has 2 aromatic carbocycles. The van der Waals surface area contributed by atoms with Gasteiger partial charge in [-0.1, -0.05) is 70.5 Å². The first-order valence-corrected chi connectivity index (χ1v) is 9.11. The van der Waals surface area contributed by atoms with Crippen LogP contribution in [0.2, 0.25) is 0 Å². The van der Waals surface area contributed by atoms with Crippen molar-refractivity contribution in [1.82, 2.24) is 10.0 Å². The minimum Gasteiger partial charge on any atom is -0.459 e. The van der Waals surface area contributed by atoms with Gasteiger partial charge in [0.2, 0.25) is 5.78 Å². The van der Waals surface area contributed by atoms with Crippen molar-refractivity contribution in [2.75, 3.05) is 6.61 Å². The summed E-state index contributed by atoms with van der Waals surface area (Å²) in [5.41, 5.74) is 1.27. The number of hydrogen-bond acceptors (Lipinski definition) is 5. The van der Waals surface area contributed by atoms with Crippen molar-refractivity contribution < 1.29 is 19.0 Å². The molecule has 8 heteroatoms. The predicted molar refractivity (Wildman–Crippen MR) is 106 cm³/mol. The smallest absolute Gasteiger partial charge is 0.434 e. The zero-order valence-electron chi connectivity index (χ0n) is 16.2. The number of aromatic amines is 1. The molecule has 0 aliphatic carbocycles. The average Bonchev–Trinajstić information content (AvgIpc) is 3.02. The molecule has 1 aromatic heterocycles. The predicted octanol–water partition coefficient (Wildman–Crippen LogP) is 1.71. The zero-order chi connectivity index (χ0) is 20.8. The molecule has 8 nitrogen and oxygen atoms in total. The Morgan fingerprint density at radius 2 is 1.83 bits per heavy atom. The maximum atomic E-state index is 12.7. The molecule has 1 heterocycles. The Bertz CT molecular complexity index is 1100. The molecule has 0 saturated heterocycles. The van der Waals surface area contributed by atoms with Gasteiger partial charge in [0.15, 0.2) is 6.54 Å². The number of Topliss-reactive ketones (excluding diaryl/α,β-unsaturated/α-hetero) is 1. The highest BCUT2D eigenvalue weighted by atomic mass is 16.5. The molecule has 29 heavy (non-hydrogen) atoms. The van der Waals surface area contributed by atoms with Crippen molar-refractivity contribution in [2.45, 2.75) is 20.4 Å². The van der Waals surface area contributed by atoms with Crippen molar-refractivity contribution >= 4 is 18.0 Å². The summed E-state index contributed by atoms with van der Waals surface area (Å²) in [5.74, 6) is -1.08. The number of esters is 1. The van der Waals surface area contributed by atoms with Gasteiger partial charge in [-0.15, -0.1) is 4.68 Å². The molecule has 3 aromatic rings. The van der Waals surface area contributed by atoms with E-state index in [0.29, 0.717) is 5.56 Å². The number of benzene rings is 2. The standard InChI is InChI=1S/C21H20N4O4/c1-3-29-21(28)19-20(27)25(22-13-16-7-5-4-6-8-16)23-24(19)14-18(26)17-11-9-15(2)10-12-17/h4-13H,3,14H2,1-2H3/p+1/b22-13+. The van der Waals surface area contributed by atoms with E-state index in [1.54, 1.807) is 19.1 Å². The maximum Gasteiger partial charge on any atom is 0.434 e.